The van der Waals surface area contributed by atoms with E-state index in [1.54, 1.807) is 48.9 Å². The Morgan fingerprint density at radius 1 is 0.812 bits per heavy atom. The fraction of sp³-hybridized carbons (Fsp3) is 0.188. The Hall–Kier alpha value is -5.88. The number of rotatable bonds is 12. The van der Waals surface area contributed by atoms with Crippen molar-refractivity contribution < 1.29 is 27.5 Å². The zero-order valence-electron chi connectivity index (χ0n) is 25.1. The van der Waals surface area contributed by atoms with E-state index in [2.05, 4.69) is 41.5 Å². The van der Waals surface area contributed by atoms with Gasteiger partial charge in [-0.1, -0.05) is 11.6 Å². The molecule has 3 amide bonds. The van der Waals surface area contributed by atoms with Gasteiger partial charge in [-0.3, -0.25) is 14.8 Å². The third-order valence-corrected chi connectivity index (χ3v) is 6.71. The number of nitrogens with zero attached hydrogens (tertiary/aromatic N) is 4. The summed E-state index contributed by atoms with van der Waals surface area (Å²) in [5.41, 5.74) is 0.127. The van der Waals surface area contributed by atoms with Crippen LogP contribution < -0.4 is 31.3 Å². The zero-order valence-corrected chi connectivity index (χ0v) is 25.9. The minimum atomic E-state index is -4.67. The molecule has 48 heavy (non-hydrogen) atoms. The lowest BCUT2D eigenvalue weighted by Crippen LogP contribution is -2.31. The summed E-state index contributed by atoms with van der Waals surface area (Å²) in [5, 5.41) is 22.2. The van der Waals surface area contributed by atoms with Gasteiger partial charge in [-0.2, -0.15) is 18.4 Å². The maximum Gasteiger partial charge on any atom is 0.417 e. The summed E-state index contributed by atoms with van der Waals surface area (Å²) in [5.74, 6) is 0.734. The quantitative estimate of drug-likeness (QED) is 0.0461. The Morgan fingerprint density at radius 2 is 1.48 bits per heavy atom. The van der Waals surface area contributed by atoms with Crippen LogP contribution >= 0.6 is 11.6 Å². The molecular formula is C32H29ClF3N9O3. The Morgan fingerprint density at radius 3 is 2.19 bits per heavy atom. The Labute approximate surface area is 278 Å². The number of pyridine rings is 2. The van der Waals surface area contributed by atoms with Gasteiger partial charge in [0.2, 0.25) is 12.2 Å². The van der Waals surface area contributed by atoms with Crippen LogP contribution in [0.3, 0.4) is 0 Å². The van der Waals surface area contributed by atoms with Crippen LogP contribution in [0, 0.1) is 11.5 Å². The molecule has 0 spiro atoms. The van der Waals surface area contributed by atoms with Crippen molar-refractivity contribution in [1.82, 2.24) is 20.6 Å². The van der Waals surface area contributed by atoms with Crippen LogP contribution in [0.1, 0.15) is 35.3 Å². The first-order valence-electron chi connectivity index (χ1n) is 14.5. The normalized spacial score (nSPS) is 11.2. The van der Waals surface area contributed by atoms with Gasteiger partial charge >= 0.3 is 12.2 Å². The van der Waals surface area contributed by atoms with Gasteiger partial charge in [0.1, 0.15) is 17.2 Å². The molecule has 2 aromatic carbocycles. The number of guanidine groups is 1. The van der Waals surface area contributed by atoms with Gasteiger partial charge in [0.05, 0.1) is 10.6 Å². The molecule has 0 atom stereocenters. The molecule has 5 N–H and O–H groups in total. The van der Waals surface area contributed by atoms with Crippen molar-refractivity contribution in [2.24, 2.45) is 4.99 Å². The summed E-state index contributed by atoms with van der Waals surface area (Å²) >= 11 is 5.62. The van der Waals surface area contributed by atoms with E-state index in [9.17, 15) is 22.8 Å². The van der Waals surface area contributed by atoms with Crippen LogP contribution in [-0.4, -0.2) is 41.0 Å². The maximum absolute atomic E-state index is 13.1. The van der Waals surface area contributed by atoms with Gasteiger partial charge in [0, 0.05) is 54.8 Å². The number of urea groups is 1. The second-order valence-electron chi connectivity index (χ2n) is 9.94. The van der Waals surface area contributed by atoms with Crippen LogP contribution in [0.4, 0.5) is 35.0 Å². The molecule has 0 unspecified atom stereocenters. The average Bonchev–Trinajstić information content (AvgIpc) is 3.06. The van der Waals surface area contributed by atoms with Gasteiger partial charge < -0.3 is 31.3 Å². The number of amides is 3. The molecule has 0 aliphatic rings. The predicted octanol–water partition coefficient (Wildman–Crippen LogP) is 7.02. The molecule has 0 bridgehead atoms. The van der Waals surface area contributed by atoms with Gasteiger partial charge in [0.15, 0.2) is 0 Å². The van der Waals surface area contributed by atoms with Crippen molar-refractivity contribution in [3.8, 4) is 17.7 Å². The molecule has 2 aromatic heterocycles. The number of anilines is 3. The van der Waals surface area contributed by atoms with Crippen LogP contribution in [0.2, 0.25) is 5.02 Å². The second kappa shape index (κ2) is 17.2. The van der Waals surface area contributed by atoms with Crippen molar-refractivity contribution >= 4 is 46.6 Å². The first-order valence-corrected chi connectivity index (χ1v) is 14.8. The lowest BCUT2D eigenvalue weighted by atomic mass is 10.2. The number of carbonyl (C=O) groups excluding carboxylic acids is 2. The number of aromatic nitrogens is 2. The minimum absolute atomic E-state index is 0.0814. The third kappa shape index (κ3) is 11.2. The summed E-state index contributed by atoms with van der Waals surface area (Å²) in [4.78, 5) is 36.7. The summed E-state index contributed by atoms with van der Waals surface area (Å²) in [6, 6.07) is 15.1. The summed E-state index contributed by atoms with van der Waals surface area (Å²) in [7, 11) is 0. The number of carbonyl (C=O) groups is 2. The predicted molar refractivity (Wildman–Crippen MR) is 175 cm³/mol. The van der Waals surface area contributed by atoms with Crippen LogP contribution in [-0.2, 0) is 6.18 Å². The molecule has 2 heterocycles. The molecule has 0 aliphatic carbocycles. The second-order valence-corrected chi connectivity index (χ2v) is 10.3. The monoisotopic (exact) mass is 679 g/mol. The molecule has 0 saturated heterocycles. The number of alkyl halides is 3. The van der Waals surface area contributed by atoms with E-state index in [0.29, 0.717) is 36.2 Å². The van der Waals surface area contributed by atoms with E-state index in [1.807, 2.05) is 0 Å². The highest BCUT2D eigenvalue weighted by Crippen LogP contribution is 2.36. The molecule has 0 radical (unpaired) electrons. The molecule has 4 aromatic rings. The summed E-state index contributed by atoms with van der Waals surface area (Å²) in [6.45, 7) is 1.01. The molecule has 0 aliphatic heterocycles. The number of ether oxygens (including phenoxy) is 1. The number of nitriles is 1. The minimum Gasteiger partial charge on any atom is -0.457 e. The summed E-state index contributed by atoms with van der Waals surface area (Å²) in [6.07, 6.45) is 4.10. The van der Waals surface area contributed by atoms with Crippen molar-refractivity contribution in [2.45, 2.75) is 25.4 Å². The van der Waals surface area contributed by atoms with Crippen molar-refractivity contribution in [3.63, 3.8) is 0 Å². The Bertz CT molecular complexity index is 1770. The van der Waals surface area contributed by atoms with E-state index in [0.717, 1.165) is 37.1 Å². The van der Waals surface area contributed by atoms with Crippen LogP contribution in [0.25, 0.3) is 0 Å². The highest BCUT2D eigenvalue weighted by molar-refractivity contribution is 6.31. The average molecular weight is 680 g/mol. The molecule has 248 valence electrons. The third-order valence-electron chi connectivity index (χ3n) is 6.38. The smallest absolute Gasteiger partial charge is 0.417 e. The zero-order chi connectivity index (χ0) is 34.4. The van der Waals surface area contributed by atoms with E-state index in [-0.39, 0.29) is 17.3 Å². The van der Waals surface area contributed by atoms with Gasteiger partial charge in [-0.05, 0) is 79.9 Å². The van der Waals surface area contributed by atoms with Gasteiger partial charge in [-0.15, -0.1) is 4.99 Å². The fourth-order valence-corrected chi connectivity index (χ4v) is 4.34. The number of aliphatic imine (C=N–C) groups is 1. The molecule has 0 saturated carbocycles. The molecule has 16 heteroatoms. The van der Waals surface area contributed by atoms with Crippen LogP contribution in [0.15, 0.2) is 90.3 Å². The Kier molecular flexibility index (Phi) is 12.5. The summed E-state index contributed by atoms with van der Waals surface area (Å²) < 4.78 is 45.1. The molecule has 0 fully saturated rings. The first kappa shape index (κ1) is 35.0. The molecular weight excluding hydrogens is 651 g/mol. The van der Waals surface area contributed by atoms with Gasteiger partial charge in [-0.25, -0.2) is 4.79 Å². The highest BCUT2D eigenvalue weighted by Gasteiger charge is 2.33. The molecule has 12 nitrogen and oxygen atoms in total. The number of hydrogen-bond donors (Lipinski definition) is 5. The topological polar surface area (TPSA) is 165 Å². The van der Waals surface area contributed by atoms with E-state index >= 15 is 0 Å². The van der Waals surface area contributed by atoms with Gasteiger partial charge in [0.25, 0.3) is 5.91 Å². The maximum atomic E-state index is 13.1. The number of halogens is 4. The molecule has 4 rings (SSSR count). The number of unbranched alkanes of at least 4 members (excludes halogenated alkanes) is 2. The Balaban J connectivity index is 1.18. The van der Waals surface area contributed by atoms with Crippen LogP contribution in [0.5, 0.6) is 11.5 Å². The fourth-order valence-electron chi connectivity index (χ4n) is 4.11. The number of benzene rings is 2. The SMILES string of the molecule is N#C/N=C(/NCCCCCNC(=O)c1cc(Oc2ccc(NC(=O)Nc3ccc(Cl)c(C(F)(F)F)c3)cc2)ccn1)Nc1ccncc1. The first-order chi connectivity index (χ1) is 23.1. The van der Waals surface area contributed by atoms with Crippen molar-refractivity contribution in [1.29, 1.82) is 5.26 Å². The largest absolute Gasteiger partial charge is 0.457 e. The highest BCUT2D eigenvalue weighted by atomic mass is 35.5. The lowest BCUT2D eigenvalue weighted by Gasteiger charge is -2.13. The number of nitrogens with one attached hydrogen (secondary N) is 5. The standard InChI is InChI=1S/C32H29ClF3N9O3/c33-27-9-6-23(18-26(27)32(34,35)36)45-31(47)44-21-4-7-24(8-5-21)48-25-12-17-39-28(19-25)29(46)40-13-2-1-3-14-41-30(42-20-37)43-22-10-15-38-16-11-22/h4-12,15-19H,1-3,13-14H2,(H,40,46)(H2,44,45,47)(H2,38,41,42,43). The lowest BCUT2D eigenvalue weighted by molar-refractivity contribution is -0.137. The van der Waals surface area contributed by atoms with Crippen molar-refractivity contribution in [2.75, 3.05) is 29.0 Å². The van der Waals surface area contributed by atoms with Crippen molar-refractivity contribution in [3.05, 3.63) is 102 Å². The van der Waals surface area contributed by atoms with E-state index in [4.69, 9.17) is 21.6 Å². The van der Waals surface area contributed by atoms with E-state index in [1.165, 1.54) is 30.5 Å². The number of hydrogen-bond acceptors (Lipinski definition) is 7. The van der Waals surface area contributed by atoms with E-state index < -0.39 is 22.8 Å².